The lowest BCUT2D eigenvalue weighted by Crippen LogP contribution is -1.95. The van der Waals surface area contributed by atoms with Crippen LogP contribution in [-0.4, -0.2) is 11.1 Å². The summed E-state index contributed by atoms with van der Waals surface area (Å²) < 4.78 is 0. The number of aliphatic carboxylic acids is 1. The zero-order valence-electron chi connectivity index (χ0n) is 9.37. The van der Waals surface area contributed by atoms with Crippen LogP contribution in [0.5, 0.6) is 0 Å². The largest absolute Gasteiger partial charge is 0.478 e. The fourth-order valence-electron chi connectivity index (χ4n) is 1.55. The summed E-state index contributed by atoms with van der Waals surface area (Å²) in [7, 11) is 0. The van der Waals surface area contributed by atoms with E-state index < -0.39 is 5.97 Å². The van der Waals surface area contributed by atoms with Gasteiger partial charge in [0.2, 0.25) is 0 Å². The second-order valence-corrected chi connectivity index (χ2v) is 3.94. The molecule has 1 rings (SSSR count). The summed E-state index contributed by atoms with van der Waals surface area (Å²) in [5, 5.41) is 8.61. The van der Waals surface area contributed by atoms with E-state index in [1.807, 2.05) is 20.8 Å². The number of hydrogen-bond donors (Lipinski definition) is 1. The Balaban J connectivity index is 2.89. The first-order valence-electron chi connectivity index (χ1n) is 4.95. The van der Waals surface area contributed by atoms with Crippen molar-refractivity contribution in [3.63, 3.8) is 0 Å². The van der Waals surface area contributed by atoms with Gasteiger partial charge in [-0.05, 0) is 38.3 Å². The number of benzene rings is 1. The topological polar surface area (TPSA) is 37.3 Å². The highest BCUT2D eigenvalue weighted by atomic mass is 16.4. The number of hydrogen-bond acceptors (Lipinski definition) is 1. The van der Waals surface area contributed by atoms with Crippen LogP contribution < -0.4 is 0 Å². The average molecular weight is 204 g/mol. The summed E-state index contributed by atoms with van der Waals surface area (Å²) in [6.45, 7) is 5.93. The van der Waals surface area contributed by atoms with Crippen molar-refractivity contribution in [1.82, 2.24) is 0 Å². The van der Waals surface area contributed by atoms with E-state index in [-0.39, 0.29) is 0 Å². The molecular formula is C13H16O2. The third kappa shape index (κ3) is 3.58. The van der Waals surface area contributed by atoms with E-state index in [1.165, 1.54) is 22.8 Å². The predicted molar refractivity (Wildman–Crippen MR) is 61.0 cm³/mol. The van der Waals surface area contributed by atoms with Gasteiger partial charge in [-0.3, -0.25) is 0 Å². The van der Waals surface area contributed by atoms with Crippen molar-refractivity contribution in [2.24, 2.45) is 0 Å². The molecule has 0 aliphatic heterocycles. The van der Waals surface area contributed by atoms with Gasteiger partial charge in [0.05, 0.1) is 0 Å². The van der Waals surface area contributed by atoms with Crippen molar-refractivity contribution in [2.45, 2.75) is 27.2 Å². The molecule has 0 fully saturated rings. The molecule has 1 N–H and O–H groups in total. The first kappa shape index (κ1) is 11.5. The van der Waals surface area contributed by atoms with E-state index in [0.29, 0.717) is 6.42 Å². The van der Waals surface area contributed by atoms with Gasteiger partial charge in [-0.1, -0.05) is 29.3 Å². The summed E-state index contributed by atoms with van der Waals surface area (Å²) in [6.07, 6.45) is 1.97. The maximum Gasteiger partial charge on any atom is 0.328 e. The Hall–Kier alpha value is -1.57. The second-order valence-electron chi connectivity index (χ2n) is 3.94. The number of rotatable bonds is 3. The molecule has 0 amide bonds. The van der Waals surface area contributed by atoms with Gasteiger partial charge in [0, 0.05) is 6.08 Å². The molecule has 0 atom stereocenters. The monoisotopic (exact) mass is 204 g/mol. The lowest BCUT2D eigenvalue weighted by molar-refractivity contribution is -0.131. The van der Waals surface area contributed by atoms with Crippen LogP contribution in [0.2, 0.25) is 0 Å². The minimum atomic E-state index is -0.877. The Kier molecular flexibility index (Phi) is 3.67. The van der Waals surface area contributed by atoms with E-state index in [1.54, 1.807) is 0 Å². The van der Waals surface area contributed by atoms with E-state index in [4.69, 9.17) is 5.11 Å². The fourth-order valence-corrected chi connectivity index (χ4v) is 1.55. The van der Waals surface area contributed by atoms with Crippen molar-refractivity contribution >= 4 is 5.97 Å². The molecule has 0 saturated heterocycles. The van der Waals surface area contributed by atoms with E-state index in [0.717, 1.165) is 5.57 Å². The number of carboxylic acid groups (broad SMARTS) is 1. The van der Waals surface area contributed by atoms with Gasteiger partial charge in [-0.25, -0.2) is 4.79 Å². The Bertz CT molecular complexity index is 403. The molecule has 1 aromatic rings. The number of carboxylic acids is 1. The van der Waals surface area contributed by atoms with Crippen LogP contribution in [0.15, 0.2) is 29.8 Å². The van der Waals surface area contributed by atoms with Crippen LogP contribution in [0.25, 0.3) is 0 Å². The molecule has 0 spiro atoms. The van der Waals surface area contributed by atoms with Crippen LogP contribution in [-0.2, 0) is 11.2 Å². The third-order valence-corrected chi connectivity index (χ3v) is 2.34. The van der Waals surface area contributed by atoms with Crippen molar-refractivity contribution in [3.05, 3.63) is 46.5 Å². The average Bonchev–Trinajstić information content (AvgIpc) is 2.10. The van der Waals surface area contributed by atoms with E-state index in [2.05, 4.69) is 18.2 Å². The highest BCUT2D eigenvalue weighted by Gasteiger charge is 2.01. The summed E-state index contributed by atoms with van der Waals surface area (Å²) in [6, 6.07) is 6.24. The van der Waals surface area contributed by atoms with Gasteiger partial charge in [0.1, 0.15) is 0 Å². The molecule has 0 bridgehead atoms. The molecule has 0 aliphatic carbocycles. The van der Waals surface area contributed by atoms with Crippen LogP contribution >= 0.6 is 0 Å². The molecule has 0 radical (unpaired) electrons. The minimum absolute atomic E-state index is 0.708. The van der Waals surface area contributed by atoms with Gasteiger partial charge in [-0.2, -0.15) is 0 Å². The smallest absolute Gasteiger partial charge is 0.328 e. The van der Waals surface area contributed by atoms with Gasteiger partial charge in [0.25, 0.3) is 0 Å². The molecule has 15 heavy (non-hydrogen) atoms. The maximum absolute atomic E-state index is 10.5. The predicted octanol–water partition coefficient (Wildman–Crippen LogP) is 2.88. The Morgan fingerprint density at radius 2 is 2.07 bits per heavy atom. The highest BCUT2D eigenvalue weighted by Crippen LogP contribution is 2.14. The van der Waals surface area contributed by atoms with E-state index >= 15 is 0 Å². The quantitative estimate of drug-likeness (QED) is 0.769. The molecule has 1 aromatic carbocycles. The molecule has 2 nitrogen and oxygen atoms in total. The van der Waals surface area contributed by atoms with Crippen LogP contribution in [0.4, 0.5) is 0 Å². The van der Waals surface area contributed by atoms with Crippen LogP contribution in [0.3, 0.4) is 0 Å². The molecule has 0 unspecified atom stereocenters. The second kappa shape index (κ2) is 4.78. The zero-order valence-corrected chi connectivity index (χ0v) is 9.37. The summed E-state index contributed by atoms with van der Waals surface area (Å²) in [5.41, 5.74) is 4.48. The number of aryl methyl sites for hydroxylation is 2. The molecule has 80 valence electrons. The molecule has 0 aliphatic rings. The lowest BCUT2D eigenvalue weighted by atomic mass is 9.99. The van der Waals surface area contributed by atoms with Gasteiger partial charge < -0.3 is 5.11 Å². The van der Waals surface area contributed by atoms with Crippen molar-refractivity contribution in [1.29, 1.82) is 0 Å². The minimum Gasteiger partial charge on any atom is -0.478 e. The van der Waals surface area contributed by atoms with Crippen molar-refractivity contribution in [2.75, 3.05) is 0 Å². The third-order valence-electron chi connectivity index (χ3n) is 2.34. The Morgan fingerprint density at radius 3 is 2.67 bits per heavy atom. The first-order valence-corrected chi connectivity index (χ1v) is 4.95. The normalized spacial score (nSPS) is 11.5. The highest BCUT2D eigenvalue weighted by molar-refractivity contribution is 5.80. The molecular weight excluding hydrogens is 188 g/mol. The summed E-state index contributed by atoms with van der Waals surface area (Å²) in [4.78, 5) is 10.5. The lowest BCUT2D eigenvalue weighted by Gasteiger charge is -2.06. The summed E-state index contributed by atoms with van der Waals surface area (Å²) >= 11 is 0. The molecule has 0 aromatic heterocycles. The molecule has 0 heterocycles. The standard InChI is InChI=1S/C13H16O2/c1-9-4-5-11(3)12(6-9)7-10(2)8-13(14)15/h4-6,8H,7H2,1-3H3,(H,14,15)/b10-8+. The summed E-state index contributed by atoms with van der Waals surface area (Å²) in [5.74, 6) is -0.877. The molecule has 2 heteroatoms. The number of carbonyl (C=O) groups is 1. The van der Waals surface area contributed by atoms with Crippen LogP contribution in [0.1, 0.15) is 23.6 Å². The first-order chi connectivity index (χ1) is 6.99. The maximum atomic E-state index is 10.5. The van der Waals surface area contributed by atoms with Crippen molar-refractivity contribution in [3.8, 4) is 0 Å². The zero-order chi connectivity index (χ0) is 11.4. The molecule has 0 saturated carbocycles. The SMILES string of the molecule is C/C(=C\C(=O)O)Cc1cc(C)ccc1C. The Labute approximate surface area is 90.3 Å². The van der Waals surface area contributed by atoms with Crippen LogP contribution in [0, 0.1) is 13.8 Å². The van der Waals surface area contributed by atoms with E-state index in [9.17, 15) is 4.79 Å². The van der Waals surface area contributed by atoms with Gasteiger partial charge in [0.15, 0.2) is 0 Å². The van der Waals surface area contributed by atoms with Gasteiger partial charge >= 0.3 is 5.97 Å². The van der Waals surface area contributed by atoms with Crippen molar-refractivity contribution < 1.29 is 9.90 Å². The number of allylic oxidation sites excluding steroid dienone is 1. The van der Waals surface area contributed by atoms with Gasteiger partial charge in [-0.15, -0.1) is 0 Å². The fraction of sp³-hybridized carbons (Fsp3) is 0.308. The Morgan fingerprint density at radius 1 is 1.40 bits per heavy atom.